The number of thiol groups is 1. The molecule has 25 heteroatoms. The van der Waals surface area contributed by atoms with Crippen molar-refractivity contribution in [2.75, 3.05) is 32.1 Å². The molecule has 3 rings (SSSR count). The van der Waals surface area contributed by atoms with Crippen molar-refractivity contribution < 1.29 is 68.4 Å². The molecule has 0 saturated carbocycles. The summed E-state index contributed by atoms with van der Waals surface area (Å²) in [5, 5.41) is 53.3. The molecule has 0 unspecified atom stereocenters. The number of nitrogens with one attached hydrogen (secondary N) is 6. The van der Waals surface area contributed by atoms with Crippen LogP contribution in [-0.4, -0.2) is 176 Å². The van der Waals surface area contributed by atoms with Crippen molar-refractivity contribution in [3.05, 3.63) is 29.8 Å². The Hall–Kier alpha value is -6.05. The number of hydrogen-bond donors (Lipinski definition) is 13. The highest BCUT2D eigenvalue weighted by atomic mass is 32.1. The van der Waals surface area contributed by atoms with Crippen molar-refractivity contribution in [1.82, 2.24) is 41.7 Å². The Morgan fingerprint density at radius 3 is 1.74 bits per heavy atom. The van der Waals surface area contributed by atoms with E-state index < -0.39 is 139 Å². The Bertz CT molecular complexity index is 1990. The number of phenolic OH excluding ortho intramolecular Hbond substituents is 1. The fourth-order valence-corrected chi connectivity index (χ4v) is 7.91. The van der Waals surface area contributed by atoms with E-state index in [0.29, 0.717) is 24.8 Å². The number of phenols is 1. The summed E-state index contributed by atoms with van der Waals surface area (Å²) >= 11 is 4.06. The van der Waals surface area contributed by atoms with Crippen molar-refractivity contribution in [2.45, 2.75) is 127 Å². The van der Waals surface area contributed by atoms with Gasteiger partial charge in [-0.15, -0.1) is 0 Å². The van der Waals surface area contributed by atoms with E-state index >= 15 is 0 Å². The van der Waals surface area contributed by atoms with Gasteiger partial charge in [0.2, 0.25) is 53.2 Å². The average Bonchev–Trinajstić information content (AvgIpc) is 4.01. The maximum atomic E-state index is 14.1. The van der Waals surface area contributed by atoms with Crippen molar-refractivity contribution in [1.29, 1.82) is 0 Å². The normalized spacial score (nSPS) is 19.2. The van der Waals surface area contributed by atoms with Crippen molar-refractivity contribution in [3.63, 3.8) is 0 Å². The minimum atomic E-state index is -1.80. The summed E-state index contributed by atoms with van der Waals surface area (Å²) in [6, 6.07) is -6.77. The van der Waals surface area contributed by atoms with E-state index in [1.165, 1.54) is 34.1 Å². The first-order valence-corrected chi connectivity index (χ1v) is 23.0. The fraction of sp³-hybridized carbons (Fsp3) is 0.628. The number of nitrogens with two attached hydrogens (primary N) is 2. The van der Waals surface area contributed by atoms with Gasteiger partial charge < -0.3 is 73.6 Å². The van der Waals surface area contributed by atoms with Crippen molar-refractivity contribution in [3.8, 4) is 5.75 Å². The number of rotatable bonds is 25. The molecule has 0 radical (unpaired) electrons. The molecule has 378 valence electrons. The smallest absolute Gasteiger partial charge is 0.326 e. The number of hydrogen-bond acceptors (Lipinski definition) is 15. The van der Waals surface area contributed by atoms with E-state index in [4.69, 9.17) is 11.5 Å². The Labute approximate surface area is 398 Å². The van der Waals surface area contributed by atoms with Crippen LogP contribution in [0.4, 0.5) is 0 Å². The summed E-state index contributed by atoms with van der Waals surface area (Å²) in [6.07, 6.45) is 0.887. The zero-order valence-corrected chi connectivity index (χ0v) is 39.4. The van der Waals surface area contributed by atoms with Gasteiger partial charge in [-0.1, -0.05) is 46.2 Å². The van der Waals surface area contributed by atoms with E-state index in [0.717, 1.165) is 0 Å². The van der Waals surface area contributed by atoms with Crippen LogP contribution in [0.15, 0.2) is 24.3 Å². The van der Waals surface area contributed by atoms with Crippen LogP contribution in [0.5, 0.6) is 5.75 Å². The van der Waals surface area contributed by atoms with Crippen LogP contribution in [0.2, 0.25) is 0 Å². The van der Waals surface area contributed by atoms with E-state index in [1.807, 2.05) is 13.8 Å². The summed E-state index contributed by atoms with van der Waals surface area (Å²) < 4.78 is 0. The molecule has 14 N–H and O–H groups in total. The molecule has 2 aliphatic heterocycles. The number of carbonyl (C=O) groups excluding carboxylic acids is 9. The van der Waals surface area contributed by atoms with Gasteiger partial charge in [-0.3, -0.25) is 43.2 Å². The second kappa shape index (κ2) is 26.5. The molecule has 1 aromatic rings. The number of carboxylic acids is 1. The first-order valence-electron chi connectivity index (χ1n) is 22.4. The van der Waals surface area contributed by atoms with Gasteiger partial charge in [-0.25, -0.2) is 4.79 Å². The topological polar surface area (TPSA) is 382 Å². The van der Waals surface area contributed by atoms with E-state index in [2.05, 4.69) is 44.5 Å². The summed E-state index contributed by atoms with van der Waals surface area (Å²) in [6.45, 7) is 5.56. The second-order valence-electron chi connectivity index (χ2n) is 17.3. The number of amides is 9. The number of primary amides is 1. The van der Waals surface area contributed by atoms with Crippen LogP contribution in [0.3, 0.4) is 0 Å². The highest BCUT2D eigenvalue weighted by molar-refractivity contribution is 7.80. The van der Waals surface area contributed by atoms with Gasteiger partial charge in [0.15, 0.2) is 0 Å². The fourth-order valence-electron chi connectivity index (χ4n) is 7.65. The molecule has 0 bridgehead atoms. The molecule has 1 aromatic carbocycles. The predicted octanol–water partition coefficient (Wildman–Crippen LogP) is -4.27. The Kier molecular flexibility index (Phi) is 21.9. The lowest BCUT2D eigenvalue weighted by Gasteiger charge is -2.34. The van der Waals surface area contributed by atoms with Gasteiger partial charge >= 0.3 is 5.97 Å². The molecule has 24 nitrogen and oxygen atoms in total. The van der Waals surface area contributed by atoms with Crippen LogP contribution in [0, 0.1) is 11.8 Å². The summed E-state index contributed by atoms with van der Waals surface area (Å²) in [5.74, 6) is -10.4. The lowest BCUT2D eigenvalue weighted by molar-refractivity contribution is -0.148. The van der Waals surface area contributed by atoms with E-state index in [9.17, 15) is 68.4 Å². The molecule has 9 amide bonds. The van der Waals surface area contributed by atoms with Gasteiger partial charge in [0.05, 0.1) is 25.7 Å². The van der Waals surface area contributed by atoms with Gasteiger partial charge in [-0.05, 0) is 55.2 Å². The third kappa shape index (κ3) is 15.5. The van der Waals surface area contributed by atoms with Crippen LogP contribution in [0.1, 0.15) is 71.8 Å². The molecule has 68 heavy (non-hydrogen) atoms. The molecule has 2 fully saturated rings. The quantitative estimate of drug-likeness (QED) is 0.0413. The number of aliphatic hydroxyl groups excluding tert-OH is 2. The standard InChI is InChI=1S/C43H66N10O14S/c1-5-22(4)33(45)40(63)51-34(21(2)3)42(65)53-15-7-9-31(53)41(64)52-14-6-8-30(52)39(62)49-28(19-55)36(59)46-25(17-32(44)57)35(58)50-29(20-68)38(61)48-27(18-54)37(60)47-26(43(66)67)16-23-10-12-24(56)13-11-23/h10-13,21-22,25-31,33-34,54-56,68H,5-9,14-20,45H2,1-4H3,(H2,44,57)(H,46,59)(H,47,60)(H,48,61)(H,49,62)(H,50,58)(H,51,63)(H,66,67)/t22-,25-,26-,27-,28-,29-,30-,31-,33-,34-/m0/s1. The van der Waals surface area contributed by atoms with Crippen LogP contribution >= 0.6 is 12.6 Å². The Morgan fingerprint density at radius 1 is 0.706 bits per heavy atom. The number of aromatic hydroxyl groups is 1. The lowest BCUT2D eigenvalue weighted by Crippen LogP contribution is -2.61. The number of nitrogens with zero attached hydrogens (tertiary/aromatic N) is 2. The number of likely N-dealkylation sites (tertiary alicyclic amines) is 2. The molecule has 10 atom stereocenters. The Morgan fingerprint density at radius 2 is 1.21 bits per heavy atom. The van der Waals surface area contributed by atoms with Gasteiger partial charge in [0.25, 0.3) is 0 Å². The van der Waals surface area contributed by atoms with Crippen LogP contribution in [-0.2, 0) is 54.4 Å². The zero-order chi connectivity index (χ0) is 51.0. The highest BCUT2D eigenvalue weighted by Crippen LogP contribution is 2.27. The largest absolute Gasteiger partial charge is 0.508 e. The number of carbonyl (C=O) groups is 10. The number of carboxylic acid groups (broad SMARTS) is 1. The number of aliphatic hydroxyl groups is 2. The third-order valence-electron chi connectivity index (χ3n) is 11.9. The molecule has 2 aliphatic rings. The SMILES string of the molecule is CC[C@H](C)[C@H](N)C(=O)N[C@H](C(=O)N1CCC[C@H]1C(=O)N1CCC[C@H]1C(=O)N[C@@H](CO)C(=O)N[C@@H](CC(N)=O)C(=O)N[C@@H](CS)C(=O)N[C@@H](CO)C(=O)N[C@@H](Cc1ccc(O)cc1)C(=O)O)C(C)C. The van der Waals surface area contributed by atoms with Crippen LogP contribution in [0.25, 0.3) is 0 Å². The van der Waals surface area contributed by atoms with Gasteiger partial charge in [-0.2, -0.15) is 12.6 Å². The molecule has 0 aliphatic carbocycles. The molecule has 0 spiro atoms. The van der Waals surface area contributed by atoms with Crippen molar-refractivity contribution >= 4 is 71.8 Å². The van der Waals surface area contributed by atoms with Gasteiger partial charge in [0.1, 0.15) is 54.1 Å². The number of benzene rings is 1. The molecule has 2 saturated heterocycles. The van der Waals surface area contributed by atoms with E-state index in [1.54, 1.807) is 13.8 Å². The molecular weight excluding hydrogens is 913 g/mol. The second-order valence-corrected chi connectivity index (χ2v) is 17.6. The summed E-state index contributed by atoms with van der Waals surface area (Å²) in [5.41, 5.74) is 11.9. The first kappa shape index (κ1) is 56.3. The summed E-state index contributed by atoms with van der Waals surface area (Å²) in [7, 11) is 0. The predicted molar refractivity (Wildman–Crippen MR) is 245 cm³/mol. The highest BCUT2D eigenvalue weighted by Gasteiger charge is 2.45. The monoisotopic (exact) mass is 978 g/mol. The van der Waals surface area contributed by atoms with Crippen molar-refractivity contribution in [2.24, 2.45) is 23.3 Å². The third-order valence-corrected chi connectivity index (χ3v) is 12.3. The summed E-state index contributed by atoms with van der Waals surface area (Å²) in [4.78, 5) is 134. The molecule has 0 aromatic heterocycles. The van der Waals surface area contributed by atoms with E-state index in [-0.39, 0.29) is 49.9 Å². The minimum Gasteiger partial charge on any atom is -0.508 e. The van der Waals surface area contributed by atoms with Gasteiger partial charge in [0, 0.05) is 25.3 Å². The number of aliphatic carboxylic acids is 1. The maximum absolute atomic E-state index is 14.1. The first-order chi connectivity index (χ1) is 32.1. The minimum absolute atomic E-state index is 0.0728. The zero-order valence-electron chi connectivity index (χ0n) is 38.5. The molecular formula is C43H66N10O14S. The van der Waals surface area contributed by atoms with Crippen LogP contribution < -0.4 is 43.4 Å². The Balaban J connectivity index is 1.67. The lowest BCUT2D eigenvalue weighted by atomic mass is 9.97. The maximum Gasteiger partial charge on any atom is 0.326 e. The average molecular weight is 979 g/mol. The molecule has 2 heterocycles.